The Bertz CT molecular complexity index is 890. The molecule has 0 unspecified atom stereocenters. The zero-order valence-corrected chi connectivity index (χ0v) is 13.4. The number of furan rings is 1. The van der Waals surface area contributed by atoms with Crippen molar-refractivity contribution in [2.24, 2.45) is 5.73 Å². The van der Waals surface area contributed by atoms with E-state index in [4.69, 9.17) is 27.6 Å². The standard InChI is InChI=1S/C13H11ClN6O2S/c1-6-8(2-3-22-6)11-18-19-13(20(11)16)23-12-9(14)4-7(5-17-12)10(15)21/h2-5H,16H2,1H3,(H2,15,21). The predicted molar refractivity (Wildman–Crippen MR) is 84.5 cm³/mol. The summed E-state index contributed by atoms with van der Waals surface area (Å²) in [5, 5.41) is 9.18. The quantitative estimate of drug-likeness (QED) is 0.687. The minimum Gasteiger partial charge on any atom is -0.469 e. The lowest BCUT2D eigenvalue weighted by Gasteiger charge is -2.05. The lowest BCUT2D eigenvalue weighted by atomic mass is 10.2. The molecule has 0 radical (unpaired) electrons. The average Bonchev–Trinajstić information content (AvgIpc) is 3.07. The number of nitrogens with zero attached hydrogens (tertiary/aromatic N) is 4. The molecular weight excluding hydrogens is 340 g/mol. The van der Waals surface area contributed by atoms with Crippen molar-refractivity contribution in [3.05, 3.63) is 40.9 Å². The van der Waals surface area contributed by atoms with Crippen molar-refractivity contribution < 1.29 is 9.21 Å². The number of nitrogens with two attached hydrogens (primary N) is 2. The molecule has 0 atom stereocenters. The molecule has 0 fully saturated rings. The van der Waals surface area contributed by atoms with Gasteiger partial charge < -0.3 is 16.0 Å². The predicted octanol–water partition coefficient (Wildman–Crippen LogP) is 1.86. The van der Waals surface area contributed by atoms with Crippen LogP contribution in [0.2, 0.25) is 5.02 Å². The Kier molecular flexibility index (Phi) is 3.97. The zero-order valence-electron chi connectivity index (χ0n) is 11.9. The maximum Gasteiger partial charge on any atom is 0.250 e. The van der Waals surface area contributed by atoms with E-state index in [1.54, 1.807) is 19.3 Å². The molecule has 1 amide bonds. The van der Waals surface area contributed by atoms with Crippen LogP contribution in [0.3, 0.4) is 0 Å². The van der Waals surface area contributed by atoms with Crippen LogP contribution in [0.5, 0.6) is 0 Å². The van der Waals surface area contributed by atoms with E-state index in [1.807, 2.05) is 0 Å². The maximum atomic E-state index is 11.1. The summed E-state index contributed by atoms with van der Waals surface area (Å²) in [6, 6.07) is 3.20. The monoisotopic (exact) mass is 350 g/mol. The van der Waals surface area contributed by atoms with Crippen molar-refractivity contribution in [3.8, 4) is 11.4 Å². The molecule has 8 nitrogen and oxygen atoms in total. The summed E-state index contributed by atoms with van der Waals surface area (Å²) in [6.45, 7) is 1.80. The summed E-state index contributed by atoms with van der Waals surface area (Å²) >= 11 is 7.23. The van der Waals surface area contributed by atoms with Gasteiger partial charge >= 0.3 is 0 Å². The Morgan fingerprint density at radius 3 is 2.83 bits per heavy atom. The molecule has 3 aromatic rings. The van der Waals surface area contributed by atoms with Gasteiger partial charge in [0.05, 0.1) is 22.4 Å². The number of aryl methyl sites for hydroxylation is 1. The van der Waals surface area contributed by atoms with Gasteiger partial charge in [-0.3, -0.25) is 4.79 Å². The Hall–Kier alpha value is -2.52. The minimum absolute atomic E-state index is 0.225. The van der Waals surface area contributed by atoms with E-state index in [9.17, 15) is 4.79 Å². The number of aromatic nitrogens is 4. The number of nitrogen functional groups attached to an aromatic ring is 1. The van der Waals surface area contributed by atoms with Crippen LogP contribution < -0.4 is 11.6 Å². The smallest absolute Gasteiger partial charge is 0.250 e. The maximum absolute atomic E-state index is 11.1. The van der Waals surface area contributed by atoms with Gasteiger partial charge in [0, 0.05) is 6.20 Å². The van der Waals surface area contributed by atoms with Crippen LogP contribution in [0.1, 0.15) is 16.1 Å². The molecule has 4 N–H and O–H groups in total. The molecule has 118 valence electrons. The van der Waals surface area contributed by atoms with Gasteiger partial charge in [-0.05, 0) is 30.8 Å². The van der Waals surface area contributed by atoms with Crippen LogP contribution in [-0.4, -0.2) is 25.8 Å². The molecule has 0 bridgehead atoms. The highest BCUT2D eigenvalue weighted by atomic mass is 35.5. The molecule has 3 rings (SSSR count). The van der Waals surface area contributed by atoms with Gasteiger partial charge in [0.1, 0.15) is 10.8 Å². The number of halogens is 1. The number of primary amides is 1. The SMILES string of the molecule is Cc1occc1-c1nnc(Sc2ncc(C(N)=O)cc2Cl)n1N. The topological polar surface area (TPSA) is 126 Å². The van der Waals surface area contributed by atoms with Crippen LogP contribution >= 0.6 is 23.4 Å². The normalized spacial score (nSPS) is 10.9. The number of carbonyl (C=O) groups excluding carboxylic acids is 1. The third-order valence-electron chi connectivity index (χ3n) is 3.04. The lowest BCUT2D eigenvalue weighted by Crippen LogP contribution is -2.12. The molecule has 0 aliphatic rings. The Labute approximate surface area is 139 Å². The minimum atomic E-state index is -0.601. The summed E-state index contributed by atoms with van der Waals surface area (Å²) in [5.74, 6) is 6.57. The van der Waals surface area contributed by atoms with Crippen LogP contribution in [0.25, 0.3) is 11.4 Å². The summed E-state index contributed by atoms with van der Waals surface area (Å²) in [6.07, 6.45) is 2.89. The van der Waals surface area contributed by atoms with E-state index < -0.39 is 5.91 Å². The number of rotatable bonds is 4. The van der Waals surface area contributed by atoms with Crippen molar-refractivity contribution in [2.45, 2.75) is 17.1 Å². The average molecular weight is 351 g/mol. The summed E-state index contributed by atoms with van der Waals surface area (Å²) < 4.78 is 6.56. The Morgan fingerprint density at radius 2 is 2.22 bits per heavy atom. The Morgan fingerprint density at radius 1 is 1.43 bits per heavy atom. The molecule has 0 spiro atoms. The van der Waals surface area contributed by atoms with E-state index in [2.05, 4.69) is 15.2 Å². The number of pyridine rings is 1. The van der Waals surface area contributed by atoms with E-state index in [-0.39, 0.29) is 10.6 Å². The largest absolute Gasteiger partial charge is 0.469 e. The van der Waals surface area contributed by atoms with Gasteiger partial charge in [-0.15, -0.1) is 10.2 Å². The van der Waals surface area contributed by atoms with Crippen molar-refractivity contribution >= 4 is 29.3 Å². The van der Waals surface area contributed by atoms with Crippen molar-refractivity contribution in [1.82, 2.24) is 19.9 Å². The number of amides is 1. The van der Waals surface area contributed by atoms with Crippen molar-refractivity contribution in [1.29, 1.82) is 0 Å². The molecule has 0 aliphatic carbocycles. The number of carbonyl (C=O) groups is 1. The van der Waals surface area contributed by atoms with Crippen molar-refractivity contribution in [2.75, 3.05) is 5.84 Å². The first kappa shape index (κ1) is 15.4. The van der Waals surface area contributed by atoms with Gasteiger partial charge in [0.25, 0.3) is 0 Å². The third kappa shape index (κ3) is 2.88. The van der Waals surface area contributed by atoms with Crippen LogP contribution in [-0.2, 0) is 0 Å². The van der Waals surface area contributed by atoms with Gasteiger partial charge in [0.15, 0.2) is 5.82 Å². The fourth-order valence-corrected chi connectivity index (χ4v) is 2.85. The summed E-state index contributed by atoms with van der Waals surface area (Å²) in [4.78, 5) is 15.2. The van der Waals surface area contributed by atoms with E-state index in [0.717, 1.165) is 17.3 Å². The number of hydrogen-bond donors (Lipinski definition) is 2. The molecule has 23 heavy (non-hydrogen) atoms. The first-order valence-electron chi connectivity index (χ1n) is 6.35. The molecule has 3 heterocycles. The highest BCUT2D eigenvalue weighted by molar-refractivity contribution is 7.99. The lowest BCUT2D eigenvalue weighted by molar-refractivity contribution is 0.1000. The molecule has 3 aromatic heterocycles. The van der Waals surface area contributed by atoms with Gasteiger partial charge in [-0.2, -0.15) is 0 Å². The fourth-order valence-electron chi connectivity index (χ4n) is 1.87. The van der Waals surface area contributed by atoms with E-state index >= 15 is 0 Å². The van der Waals surface area contributed by atoms with Gasteiger partial charge in [-0.25, -0.2) is 9.66 Å². The first-order valence-corrected chi connectivity index (χ1v) is 7.55. The highest BCUT2D eigenvalue weighted by Crippen LogP contribution is 2.32. The Balaban J connectivity index is 1.91. The molecule has 0 aromatic carbocycles. The zero-order chi connectivity index (χ0) is 16.6. The van der Waals surface area contributed by atoms with Gasteiger partial charge in [-0.1, -0.05) is 11.6 Å². The second-order valence-corrected chi connectivity index (χ2v) is 5.91. The molecule has 0 saturated heterocycles. The molecular formula is C13H11ClN6O2S. The van der Waals surface area contributed by atoms with Crippen LogP contribution in [0.4, 0.5) is 0 Å². The van der Waals surface area contributed by atoms with Crippen LogP contribution in [0, 0.1) is 6.92 Å². The molecule has 0 aliphatic heterocycles. The highest BCUT2D eigenvalue weighted by Gasteiger charge is 2.18. The van der Waals surface area contributed by atoms with Crippen LogP contribution in [0.15, 0.2) is 39.2 Å². The number of hydrogen-bond acceptors (Lipinski definition) is 7. The van der Waals surface area contributed by atoms with Gasteiger partial charge in [0.2, 0.25) is 11.1 Å². The van der Waals surface area contributed by atoms with E-state index in [0.29, 0.717) is 21.8 Å². The first-order chi connectivity index (χ1) is 11.0. The van der Waals surface area contributed by atoms with Crippen molar-refractivity contribution in [3.63, 3.8) is 0 Å². The summed E-state index contributed by atoms with van der Waals surface area (Å²) in [7, 11) is 0. The molecule has 10 heteroatoms. The summed E-state index contributed by atoms with van der Waals surface area (Å²) in [5.41, 5.74) is 6.15. The fraction of sp³-hybridized carbons (Fsp3) is 0.0769. The second-order valence-electron chi connectivity index (χ2n) is 4.54. The third-order valence-corrected chi connectivity index (χ3v) is 4.42. The molecule has 0 saturated carbocycles. The second kappa shape index (κ2) is 5.94. The van der Waals surface area contributed by atoms with E-state index in [1.165, 1.54) is 16.9 Å².